The normalized spacial score (nSPS) is 11.6. The third-order valence-electron chi connectivity index (χ3n) is 9.61. The molecule has 0 radical (unpaired) electrons. The van der Waals surface area contributed by atoms with Crippen LogP contribution in [0.3, 0.4) is 0 Å². The Hall–Kier alpha value is -6.36. The predicted molar refractivity (Wildman–Crippen MR) is 211 cm³/mol. The molecule has 0 aliphatic carbocycles. The van der Waals surface area contributed by atoms with Gasteiger partial charge < -0.3 is 4.57 Å². The summed E-state index contributed by atoms with van der Waals surface area (Å²) < 4.78 is 4.69. The average Bonchev–Trinajstić information content (AvgIpc) is 3.74. The predicted octanol–water partition coefficient (Wildman–Crippen LogP) is 12.6. The van der Waals surface area contributed by atoms with Crippen molar-refractivity contribution < 1.29 is 0 Å². The topological polar surface area (TPSA) is 30.7 Å². The van der Waals surface area contributed by atoms with Gasteiger partial charge in [0, 0.05) is 37.7 Å². The van der Waals surface area contributed by atoms with Crippen molar-refractivity contribution >= 4 is 53.4 Å². The highest BCUT2D eigenvalue weighted by Gasteiger charge is 2.18. The van der Waals surface area contributed by atoms with E-state index in [1.165, 1.54) is 48.8 Å². The van der Waals surface area contributed by atoms with Gasteiger partial charge in [-0.1, -0.05) is 140 Å². The van der Waals surface area contributed by atoms with Gasteiger partial charge in [0.15, 0.2) is 5.82 Å². The van der Waals surface area contributed by atoms with Crippen LogP contribution in [0, 0.1) is 0 Å². The number of rotatable bonds is 5. The van der Waals surface area contributed by atoms with E-state index in [9.17, 15) is 0 Å². The van der Waals surface area contributed by atoms with Crippen molar-refractivity contribution in [3.05, 3.63) is 176 Å². The molecule has 0 atom stereocenters. The lowest BCUT2D eigenvalue weighted by Crippen LogP contribution is -1.93. The minimum atomic E-state index is 0.747. The molecule has 0 amide bonds. The van der Waals surface area contributed by atoms with Gasteiger partial charge in [-0.2, -0.15) is 0 Å². The van der Waals surface area contributed by atoms with Gasteiger partial charge in [-0.15, -0.1) is 11.3 Å². The molecule has 0 spiro atoms. The van der Waals surface area contributed by atoms with Crippen molar-refractivity contribution in [3.63, 3.8) is 0 Å². The molecule has 10 rings (SSSR count). The van der Waals surface area contributed by atoms with E-state index in [0.717, 1.165) is 43.9 Å². The molecular weight excluding hydrogens is 627 g/mol. The molecule has 0 fully saturated rings. The smallest absolute Gasteiger partial charge is 0.160 e. The van der Waals surface area contributed by atoms with Gasteiger partial charge in [0.05, 0.1) is 26.9 Å². The lowest BCUT2D eigenvalue weighted by Gasteiger charge is -2.10. The second kappa shape index (κ2) is 11.7. The number of benzene rings is 7. The Bertz CT molecular complexity index is 2850. The van der Waals surface area contributed by atoms with E-state index in [1.54, 1.807) is 11.3 Å². The number of hydrogen-bond donors (Lipinski definition) is 0. The van der Waals surface area contributed by atoms with Crippen molar-refractivity contribution in [1.82, 2.24) is 14.5 Å². The van der Waals surface area contributed by atoms with E-state index in [2.05, 4.69) is 156 Å². The van der Waals surface area contributed by atoms with Gasteiger partial charge in [0.2, 0.25) is 0 Å². The number of aromatic nitrogens is 3. The first kappa shape index (κ1) is 28.6. The van der Waals surface area contributed by atoms with Crippen LogP contribution < -0.4 is 0 Å². The first-order chi connectivity index (χ1) is 24.8. The largest absolute Gasteiger partial charge is 0.309 e. The van der Waals surface area contributed by atoms with E-state index in [1.807, 2.05) is 24.3 Å². The highest BCUT2D eigenvalue weighted by molar-refractivity contribution is 7.26. The second-order valence-corrected chi connectivity index (χ2v) is 13.6. The van der Waals surface area contributed by atoms with Gasteiger partial charge in [-0.3, -0.25) is 0 Å². The minimum Gasteiger partial charge on any atom is -0.309 e. The van der Waals surface area contributed by atoms with Crippen LogP contribution in [0.15, 0.2) is 176 Å². The summed E-state index contributed by atoms with van der Waals surface area (Å²) in [5.74, 6) is 0.747. The molecule has 3 nitrogen and oxygen atoms in total. The van der Waals surface area contributed by atoms with Crippen LogP contribution in [0.4, 0.5) is 0 Å². The van der Waals surface area contributed by atoms with Gasteiger partial charge in [0.25, 0.3) is 0 Å². The summed E-state index contributed by atoms with van der Waals surface area (Å²) in [6.07, 6.45) is 0. The van der Waals surface area contributed by atoms with Crippen molar-refractivity contribution in [1.29, 1.82) is 0 Å². The van der Waals surface area contributed by atoms with Crippen LogP contribution in [0.25, 0.3) is 92.7 Å². The maximum absolute atomic E-state index is 5.15. The molecule has 10 aromatic rings. The molecule has 0 saturated carbocycles. The number of para-hydroxylation sites is 2. The van der Waals surface area contributed by atoms with E-state index in [-0.39, 0.29) is 0 Å². The third-order valence-corrected chi connectivity index (χ3v) is 10.8. The molecule has 0 aliphatic heterocycles. The first-order valence-electron chi connectivity index (χ1n) is 16.8. The van der Waals surface area contributed by atoms with Gasteiger partial charge in [-0.25, -0.2) is 9.97 Å². The fourth-order valence-electron chi connectivity index (χ4n) is 7.31. The van der Waals surface area contributed by atoms with Crippen LogP contribution in [0.2, 0.25) is 0 Å². The Labute approximate surface area is 293 Å². The molecule has 7 aromatic carbocycles. The van der Waals surface area contributed by atoms with Crippen LogP contribution in [-0.2, 0) is 0 Å². The molecular formula is C46H29N3S. The van der Waals surface area contributed by atoms with Crippen molar-refractivity contribution in [3.8, 4) is 50.6 Å². The Morgan fingerprint density at radius 1 is 0.440 bits per heavy atom. The molecule has 0 aliphatic rings. The SMILES string of the molecule is c1ccc(-c2nc(-c3ccccc3)c3sc4cc(-c5cccc(-c6cccc7c6c6ccccc6n7-c6ccccc6)c5)ccc4c3n2)cc1. The molecule has 0 saturated heterocycles. The standard InChI is InChI=1S/C46H29N3S/c1-4-14-30(15-5-1)43-45-44(48-46(47-43)31-16-6-2-7-17-31)38-27-26-33(29-41(38)50-45)32-18-12-19-34(28-32)36-23-13-25-40-42(36)37-22-10-11-24-39(37)49(40)35-20-8-3-9-21-35/h1-29H. The van der Waals surface area contributed by atoms with Crippen molar-refractivity contribution in [2.45, 2.75) is 0 Å². The molecule has 0 bridgehead atoms. The molecule has 0 unspecified atom stereocenters. The fourth-order valence-corrected chi connectivity index (χ4v) is 8.50. The highest BCUT2D eigenvalue weighted by Crippen LogP contribution is 2.42. The van der Waals surface area contributed by atoms with Crippen LogP contribution in [0.5, 0.6) is 0 Å². The van der Waals surface area contributed by atoms with E-state index in [4.69, 9.17) is 9.97 Å². The summed E-state index contributed by atoms with van der Waals surface area (Å²) in [6.45, 7) is 0. The molecule has 4 heteroatoms. The Balaban J connectivity index is 1.13. The summed E-state index contributed by atoms with van der Waals surface area (Å²) in [4.78, 5) is 10.3. The van der Waals surface area contributed by atoms with Crippen molar-refractivity contribution in [2.24, 2.45) is 0 Å². The average molecular weight is 656 g/mol. The minimum absolute atomic E-state index is 0.747. The number of nitrogens with zero attached hydrogens (tertiary/aromatic N) is 3. The van der Waals surface area contributed by atoms with Crippen LogP contribution in [-0.4, -0.2) is 14.5 Å². The number of hydrogen-bond acceptors (Lipinski definition) is 3. The maximum Gasteiger partial charge on any atom is 0.160 e. The second-order valence-electron chi connectivity index (χ2n) is 12.6. The molecule has 234 valence electrons. The third kappa shape index (κ3) is 4.65. The quantitative estimate of drug-likeness (QED) is 0.185. The zero-order chi connectivity index (χ0) is 33.0. The van der Waals surface area contributed by atoms with Gasteiger partial charge in [-0.05, 0) is 58.7 Å². The van der Waals surface area contributed by atoms with Gasteiger partial charge in [0.1, 0.15) is 0 Å². The van der Waals surface area contributed by atoms with Gasteiger partial charge >= 0.3 is 0 Å². The fraction of sp³-hybridized carbons (Fsp3) is 0. The Morgan fingerprint density at radius 3 is 1.90 bits per heavy atom. The summed E-state index contributed by atoms with van der Waals surface area (Å²) >= 11 is 1.77. The Kier molecular flexibility index (Phi) is 6.68. The lowest BCUT2D eigenvalue weighted by atomic mass is 9.95. The van der Waals surface area contributed by atoms with Crippen LogP contribution >= 0.6 is 11.3 Å². The zero-order valence-electron chi connectivity index (χ0n) is 27.0. The zero-order valence-corrected chi connectivity index (χ0v) is 27.8. The maximum atomic E-state index is 5.15. The highest BCUT2D eigenvalue weighted by atomic mass is 32.1. The summed E-state index contributed by atoms with van der Waals surface area (Å²) in [7, 11) is 0. The van der Waals surface area contributed by atoms with E-state index in [0.29, 0.717) is 0 Å². The Morgan fingerprint density at radius 2 is 1.08 bits per heavy atom. The molecule has 0 N–H and O–H groups in total. The van der Waals surface area contributed by atoms with E-state index >= 15 is 0 Å². The summed E-state index contributed by atoms with van der Waals surface area (Å²) in [5.41, 5.74) is 12.5. The summed E-state index contributed by atoms with van der Waals surface area (Å²) in [6, 6.07) is 62.5. The van der Waals surface area contributed by atoms with Crippen molar-refractivity contribution in [2.75, 3.05) is 0 Å². The lowest BCUT2D eigenvalue weighted by molar-refractivity contribution is 1.18. The molecule has 3 aromatic heterocycles. The molecule has 50 heavy (non-hydrogen) atoms. The monoisotopic (exact) mass is 655 g/mol. The van der Waals surface area contributed by atoms with Crippen LogP contribution in [0.1, 0.15) is 0 Å². The first-order valence-corrected chi connectivity index (χ1v) is 17.7. The number of fused-ring (bicyclic) bond motifs is 6. The molecule has 3 heterocycles. The summed E-state index contributed by atoms with van der Waals surface area (Å²) in [5, 5.41) is 3.68. The number of thiophene rings is 1. The van der Waals surface area contributed by atoms with E-state index < -0.39 is 0 Å².